The number of hydrogen-bond donors (Lipinski definition) is 2. The van der Waals surface area contributed by atoms with E-state index >= 15 is 0 Å². The van der Waals surface area contributed by atoms with E-state index in [1.165, 1.54) is 6.92 Å². The van der Waals surface area contributed by atoms with Crippen LogP contribution in [-0.2, 0) is 20.9 Å². The zero-order valence-electron chi connectivity index (χ0n) is 12.0. The summed E-state index contributed by atoms with van der Waals surface area (Å²) in [5, 5.41) is 5.45. The maximum absolute atomic E-state index is 11.5. The van der Waals surface area contributed by atoms with Crippen LogP contribution in [0.5, 0.6) is 0 Å². The number of anilines is 1. The summed E-state index contributed by atoms with van der Waals surface area (Å²) in [4.78, 5) is 33.6. The fourth-order valence-electron chi connectivity index (χ4n) is 1.48. The Morgan fingerprint density at radius 2 is 1.70 bits per heavy atom. The normalized spacial score (nSPS) is 10.2. The Morgan fingerprint density at radius 1 is 1.10 bits per heavy atom. The lowest BCUT2D eigenvalue weighted by Crippen LogP contribution is -2.24. The second kappa shape index (κ2) is 7.43. The van der Waals surface area contributed by atoms with Gasteiger partial charge >= 0.3 is 0 Å². The minimum Gasteiger partial charge on any atom is -0.352 e. The van der Waals surface area contributed by atoms with Crippen molar-refractivity contribution >= 4 is 23.3 Å². The predicted octanol–water partition coefficient (Wildman–Crippen LogP) is 1.88. The van der Waals surface area contributed by atoms with E-state index in [1.54, 1.807) is 12.1 Å². The van der Waals surface area contributed by atoms with Crippen LogP contribution in [0, 0.1) is 5.92 Å². The second-order valence-corrected chi connectivity index (χ2v) is 5.00. The lowest BCUT2D eigenvalue weighted by molar-refractivity contribution is -0.127. The molecular weight excluding hydrogens is 256 g/mol. The van der Waals surface area contributed by atoms with E-state index in [9.17, 15) is 14.4 Å². The average Bonchev–Trinajstić information content (AvgIpc) is 2.37. The van der Waals surface area contributed by atoms with Crippen LogP contribution < -0.4 is 10.6 Å². The minimum atomic E-state index is -0.283. The highest BCUT2D eigenvalue weighted by atomic mass is 16.2. The van der Waals surface area contributed by atoms with E-state index in [0.29, 0.717) is 6.54 Å². The molecule has 0 radical (unpaired) electrons. The summed E-state index contributed by atoms with van der Waals surface area (Å²) < 4.78 is 0. The summed E-state index contributed by atoms with van der Waals surface area (Å²) in [7, 11) is 0. The van der Waals surface area contributed by atoms with Gasteiger partial charge < -0.3 is 10.6 Å². The standard InChI is InChI=1S/C15H20N2O3/c1-10(2)15(20)17-13-6-4-12(5-7-13)9-16-14(19)8-11(3)18/h4-7,10H,8-9H2,1-3H3,(H,16,19)(H,17,20). The monoisotopic (exact) mass is 276 g/mol. The van der Waals surface area contributed by atoms with Gasteiger partial charge in [0.1, 0.15) is 5.78 Å². The zero-order valence-corrected chi connectivity index (χ0v) is 12.0. The van der Waals surface area contributed by atoms with Gasteiger partial charge in [0.25, 0.3) is 0 Å². The average molecular weight is 276 g/mol. The molecule has 1 aromatic rings. The molecule has 2 amide bonds. The molecule has 0 bridgehead atoms. The molecule has 0 aromatic heterocycles. The van der Waals surface area contributed by atoms with Gasteiger partial charge in [-0.1, -0.05) is 26.0 Å². The van der Waals surface area contributed by atoms with E-state index in [2.05, 4.69) is 10.6 Å². The van der Waals surface area contributed by atoms with Gasteiger partial charge in [-0.05, 0) is 24.6 Å². The molecule has 1 aromatic carbocycles. The Hall–Kier alpha value is -2.17. The van der Waals surface area contributed by atoms with Crippen LogP contribution in [0.15, 0.2) is 24.3 Å². The number of nitrogens with one attached hydrogen (secondary N) is 2. The van der Waals surface area contributed by atoms with Crippen molar-refractivity contribution in [1.29, 1.82) is 0 Å². The van der Waals surface area contributed by atoms with Crippen molar-refractivity contribution < 1.29 is 14.4 Å². The van der Waals surface area contributed by atoms with Crippen LogP contribution in [0.3, 0.4) is 0 Å². The third kappa shape index (κ3) is 5.65. The highest BCUT2D eigenvalue weighted by Crippen LogP contribution is 2.10. The number of amides is 2. The quantitative estimate of drug-likeness (QED) is 0.779. The first kappa shape index (κ1) is 15.9. The third-order valence-corrected chi connectivity index (χ3v) is 2.65. The van der Waals surface area contributed by atoms with Gasteiger partial charge in [0.2, 0.25) is 11.8 Å². The van der Waals surface area contributed by atoms with Crippen molar-refractivity contribution in [2.75, 3.05) is 5.32 Å². The molecule has 0 spiro atoms. The van der Waals surface area contributed by atoms with Gasteiger partial charge in [-0.15, -0.1) is 0 Å². The van der Waals surface area contributed by atoms with E-state index in [0.717, 1.165) is 11.3 Å². The molecule has 0 fully saturated rings. The lowest BCUT2D eigenvalue weighted by atomic mass is 10.1. The largest absolute Gasteiger partial charge is 0.352 e. The van der Waals surface area contributed by atoms with Crippen LogP contribution in [-0.4, -0.2) is 17.6 Å². The Bertz CT molecular complexity index is 492. The topological polar surface area (TPSA) is 75.3 Å². The SMILES string of the molecule is CC(=O)CC(=O)NCc1ccc(NC(=O)C(C)C)cc1. The molecule has 5 heteroatoms. The number of ketones is 1. The van der Waals surface area contributed by atoms with E-state index in [1.807, 2.05) is 26.0 Å². The fourth-order valence-corrected chi connectivity index (χ4v) is 1.48. The number of Topliss-reactive ketones (excluding diaryl/α,β-unsaturated/α-hetero) is 1. The third-order valence-electron chi connectivity index (χ3n) is 2.65. The van der Waals surface area contributed by atoms with E-state index in [4.69, 9.17) is 0 Å². The molecule has 0 heterocycles. The molecule has 0 unspecified atom stereocenters. The van der Waals surface area contributed by atoms with Gasteiger partial charge in [0.15, 0.2) is 0 Å². The molecule has 0 saturated heterocycles. The maximum Gasteiger partial charge on any atom is 0.227 e. The first-order chi connectivity index (χ1) is 9.38. The number of benzene rings is 1. The second-order valence-electron chi connectivity index (χ2n) is 5.00. The van der Waals surface area contributed by atoms with Crippen molar-refractivity contribution in [3.8, 4) is 0 Å². The molecule has 2 N–H and O–H groups in total. The highest BCUT2D eigenvalue weighted by molar-refractivity contribution is 5.96. The molecule has 20 heavy (non-hydrogen) atoms. The molecule has 108 valence electrons. The van der Waals surface area contributed by atoms with Crippen molar-refractivity contribution in [3.63, 3.8) is 0 Å². The van der Waals surface area contributed by atoms with Crippen molar-refractivity contribution in [2.24, 2.45) is 5.92 Å². The molecule has 0 saturated carbocycles. The van der Waals surface area contributed by atoms with Gasteiger partial charge in [-0.25, -0.2) is 0 Å². The maximum atomic E-state index is 11.5. The molecular formula is C15H20N2O3. The van der Waals surface area contributed by atoms with Crippen molar-refractivity contribution in [1.82, 2.24) is 5.32 Å². The van der Waals surface area contributed by atoms with E-state index in [-0.39, 0.29) is 29.9 Å². The van der Waals surface area contributed by atoms with Gasteiger partial charge in [0.05, 0.1) is 6.42 Å². The summed E-state index contributed by atoms with van der Waals surface area (Å²) in [6.45, 7) is 5.40. The zero-order chi connectivity index (χ0) is 15.1. The predicted molar refractivity (Wildman–Crippen MR) is 77.1 cm³/mol. The van der Waals surface area contributed by atoms with Crippen molar-refractivity contribution in [2.45, 2.75) is 33.7 Å². The van der Waals surface area contributed by atoms with Crippen LogP contribution >= 0.6 is 0 Å². The van der Waals surface area contributed by atoms with Crippen LogP contribution in [0.4, 0.5) is 5.69 Å². The molecule has 5 nitrogen and oxygen atoms in total. The summed E-state index contributed by atoms with van der Waals surface area (Å²) in [5.41, 5.74) is 1.63. The molecule has 0 aliphatic carbocycles. The van der Waals surface area contributed by atoms with E-state index < -0.39 is 0 Å². The van der Waals surface area contributed by atoms with Gasteiger partial charge in [0, 0.05) is 18.2 Å². The number of carbonyl (C=O) groups is 3. The molecule has 0 aliphatic heterocycles. The molecule has 0 atom stereocenters. The highest BCUT2D eigenvalue weighted by Gasteiger charge is 2.07. The van der Waals surface area contributed by atoms with Crippen LogP contribution in [0.1, 0.15) is 32.8 Å². The molecule has 1 rings (SSSR count). The van der Waals surface area contributed by atoms with Crippen LogP contribution in [0.2, 0.25) is 0 Å². The number of hydrogen-bond acceptors (Lipinski definition) is 3. The van der Waals surface area contributed by atoms with Gasteiger partial charge in [-0.2, -0.15) is 0 Å². The summed E-state index contributed by atoms with van der Waals surface area (Å²) in [6, 6.07) is 7.22. The Balaban J connectivity index is 2.48. The Morgan fingerprint density at radius 3 is 2.20 bits per heavy atom. The smallest absolute Gasteiger partial charge is 0.227 e. The first-order valence-corrected chi connectivity index (χ1v) is 6.54. The first-order valence-electron chi connectivity index (χ1n) is 6.54. The van der Waals surface area contributed by atoms with Crippen LogP contribution in [0.25, 0.3) is 0 Å². The Labute approximate surface area is 118 Å². The summed E-state index contributed by atoms with van der Waals surface area (Å²) in [5.74, 6) is -0.544. The Kier molecular flexibility index (Phi) is 5.90. The van der Waals surface area contributed by atoms with Crippen molar-refractivity contribution in [3.05, 3.63) is 29.8 Å². The van der Waals surface area contributed by atoms with Gasteiger partial charge in [-0.3, -0.25) is 14.4 Å². The lowest BCUT2D eigenvalue weighted by Gasteiger charge is -2.09. The molecule has 0 aliphatic rings. The fraction of sp³-hybridized carbons (Fsp3) is 0.400. The number of rotatable bonds is 6. The summed E-state index contributed by atoms with van der Waals surface area (Å²) in [6.07, 6.45) is -0.0947. The number of carbonyl (C=O) groups excluding carboxylic acids is 3. The summed E-state index contributed by atoms with van der Waals surface area (Å²) >= 11 is 0. The minimum absolute atomic E-state index is 0.0347.